The van der Waals surface area contributed by atoms with Crippen molar-refractivity contribution in [2.24, 2.45) is 5.92 Å². The van der Waals surface area contributed by atoms with Crippen molar-refractivity contribution in [3.63, 3.8) is 0 Å². The molecule has 1 aliphatic carbocycles. The van der Waals surface area contributed by atoms with Gasteiger partial charge in [-0.25, -0.2) is 4.79 Å². The Kier molecular flexibility index (Phi) is 4.04. The molecular formula is C12H23N3O. The molecule has 1 saturated carbocycles. The first-order chi connectivity index (χ1) is 7.78. The van der Waals surface area contributed by atoms with Gasteiger partial charge < -0.3 is 15.5 Å². The number of hydrogen-bond donors (Lipinski definition) is 2. The van der Waals surface area contributed by atoms with Gasteiger partial charge in [-0.3, -0.25) is 0 Å². The second kappa shape index (κ2) is 5.53. The Bertz CT molecular complexity index is 232. The van der Waals surface area contributed by atoms with E-state index < -0.39 is 0 Å². The summed E-state index contributed by atoms with van der Waals surface area (Å²) in [6.45, 7) is 6.58. The third-order valence-electron chi connectivity index (χ3n) is 3.62. The summed E-state index contributed by atoms with van der Waals surface area (Å²) in [5.41, 5.74) is 0. The van der Waals surface area contributed by atoms with Gasteiger partial charge >= 0.3 is 6.03 Å². The first-order valence-electron chi connectivity index (χ1n) is 6.54. The lowest BCUT2D eigenvalue weighted by atomic mass is 9.97. The highest BCUT2D eigenvalue weighted by Gasteiger charge is 2.24. The van der Waals surface area contributed by atoms with E-state index in [0.29, 0.717) is 12.0 Å². The SMILES string of the molecule is CCN1CCC(CNC(=O)NC2CC2)CC1. The fourth-order valence-corrected chi connectivity index (χ4v) is 2.21. The second-order valence-electron chi connectivity index (χ2n) is 5.01. The Hall–Kier alpha value is -0.770. The van der Waals surface area contributed by atoms with E-state index in [4.69, 9.17) is 0 Å². The molecule has 4 nitrogen and oxygen atoms in total. The largest absolute Gasteiger partial charge is 0.338 e. The Morgan fingerprint density at radius 2 is 1.94 bits per heavy atom. The van der Waals surface area contributed by atoms with Gasteiger partial charge in [-0.15, -0.1) is 0 Å². The van der Waals surface area contributed by atoms with E-state index in [1.165, 1.54) is 25.9 Å². The Morgan fingerprint density at radius 1 is 1.25 bits per heavy atom. The van der Waals surface area contributed by atoms with Crippen molar-refractivity contribution in [3.8, 4) is 0 Å². The lowest BCUT2D eigenvalue weighted by Crippen LogP contribution is -2.42. The molecule has 0 atom stereocenters. The predicted molar refractivity (Wildman–Crippen MR) is 64.4 cm³/mol. The van der Waals surface area contributed by atoms with Crippen LogP contribution < -0.4 is 10.6 Å². The molecular weight excluding hydrogens is 202 g/mol. The zero-order chi connectivity index (χ0) is 11.4. The smallest absolute Gasteiger partial charge is 0.315 e. The van der Waals surface area contributed by atoms with E-state index in [1.807, 2.05) is 0 Å². The predicted octanol–water partition coefficient (Wildman–Crippen LogP) is 1.18. The monoisotopic (exact) mass is 225 g/mol. The summed E-state index contributed by atoms with van der Waals surface area (Å²) in [6.07, 6.45) is 4.75. The summed E-state index contributed by atoms with van der Waals surface area (Å²) in [5, 5.41) is 5.94. The standard InChI is InChI=1S/C12H23N3O/c1-2-15-7-5-10(6-8-15)9-13-12(16)14-11-3-4-11/h10-11H,2-9H2,1H3,(H2,13,14,16). The van der Waals surface area contributed by atoms with Crippen LogP contribution in [-0.4, -0.2) is 43.2 Å². The summed E-state index contributed by atoms with van der Waals surface area (Å²) >= 11 is 0. The van der Waals surface area contributed by atoms with Crippen LogP contribution in [-0.2, 0) is 0 Å². The molecule has 1 saturated heterocycles. The Labute approximate surface area is 97.8 Å². The molecule has 0 aromatic rings. The minimum absolute atomic E-state index is 0.0282. The molecule has 92 valence electrons. The molecule has 2 aliphatic rings. The molecule has 2 N–H and O–H groups in total. The van der Waals surface area contributed by atoms with Crippen LogP contribution in [0.3, 0.4) is 0 Å². The van der Waals surface area contributed by atoms with Crippen molar-refractivity contribution in [3.05, 3.63) is 0 Å². The number of nitrogens with zero attached hydrogens (tertiary/aromatic N) is 1. The molecule has 0 unspecified atom stereocenters. The molecule has 2 fully saturated rings. The maximum absolute atomic E-state index is 11.4. The average molecular weight is 225 g/mol. The van der Waals surface area contributed by atoms with Crippen molar-refractivity contribution in [2.45, 2.75) is 38.6 Å². The number of likely N-dealkylation sites (tertiary alicyclic amines) is 1. The normalized spacial score (nSPS) is 23.1. The Morgan fingerprint density at radius 3 is 2.50 bits per heavy atom. The van der Waals surface area contributed by atoms with E-state index in [-0.39, 0.29) is 6.03 Å². The van der Waals surface area contributed by atoms with Gasteiger partial charge in [0.25, 0.3) is 0 Å². The number of nitrogens with one attached hydrogen (secondary N) is 2. The molecule has 1 heterocycles. The molecule has 0 radical (unpaired) electrons. The minimum Gasteiger partial charge on any atom is -0.338 e. The molecule has 0 bridgehead atoms. The van der Waals surface area contributed by atoms with Crippen LogP contribution in [0.4, 0.5) is 4.79 Å². The van der Waals surface area contributed by atoms with E-state index >= 15 is 0 Å². The van der Waals surface area contributed by atoms with Gasteiger partial charge in [0.2, 0.25) is 0 Å². The summed E-state index contributed by atoms with van der Waals surface area (Å²) < 4.78 is 0. The van der Waals surface area contributed by atoms with E-state index in [2.05, 4.69) is 22.5 Å². The van der Waals surface area contributed by atoms with Gasteiger partial charge in [0.05, 0.1) is 0 Å². The van der Waals surface area contributed by atoms with Gasteiger partial charge in [0.15, 0.2) is 0 Å². The zero-order valence-electron chi connectivity index (χ0n) is 10.2. The molecule has 16 heavy (non-hydrogen) atoms. The van der Waals surface area contributed by atoms with Crippen molar-refractivity contribution in [2.75, 3.05) is 26.2 Å². The quantitative estimate of drug-likeness (QED) is 0.754. The van der Waals surface area contributed by atoms with E-state index in [9.17, 15) is 4.79 Å². The van der Waals surface area contributed by atoms with Crippen LogP contribution in [0.2, 0.25) is 0 Å². The van der Waals surface area contributed by atoms with Gasteiger partial charge in [-0.1, -0.05) is 6.92 Å². The summed E-state index contributed by atoms with van der Waals surface area (Å²) in [5.74, 6) is 0.674. The molecule has 2 amide bonds. The Balaban J connectivity index is 1.57. The average Bonchev–Trinajstić information content (AvgIpc) is 3.11. The number of rotatable bonds is 4. The number of urea groups is 1. The highest BCUT2D eigenvalue weighted by atomic mass is 16.2. The molecule has 0 aromatic carbocycles. The molecule has 1 aliphatic heterocycles. The first-order valence-corrected chi connectivity index (χ1v) is 6.54. The highest BCUT2D eigenvalue weighted by molar-refractivity contribution is 5.74. The number of amides is 2. The van der Waals surface area contributed by atoms with Crippen LogP contribution in [0, 0.1) is 5.92 Å². The van der Waals surface area contributed by atoms with Crippen molar-refractivity contribution < 1.29 is 4.79 Å². The van der Waals surface area contributed by atoms with E-state index in [1.54, 1.807) is 0 Å². The van der Waals surface area contributed by atoms with Crippen molar-refractivity contribution in [1.82, 2.24) is 15.5 Å². The lowest BCUT2D eigenvalue weighted by Gasteiger charge is -2.31. The maximum Gasteiger partial charge on any atom is 0.315 e. The topological polar surface area (TPSA) is 44.4 Å². The van der Waals surface area contributed by atoms with Crippen LogP contribution in [0.15, 0.2) is 0 Å². The maximum atomic E-state index is 11.4. The minimum atomic E-state index is 0.0282. The second-order valence-corrected chi connectivity index (χ2v) is 5.01. The zero-order valence-corrected chi connectivity index (χ0v) is 10.2. The van der Waals surface area contributed by atoms with Crippen LogP contribution in [0.25, 0.3) is 0 Å². The number of carbonyl (C=O) groups excluding carboxylic acids is 1. The summed E-state index contributed by atoms with van der Waals surface area (Å²) in [6, 6.07) is 0.488. The van der Waals surface area contributed by atoms with Crippen LogP contribution in [0.5, 0.6) is 0 Å². The number of piperidine rings is 1. The van der Waals surface area contributed by atoms with Gasteiger partial charge in [-0.05, 0) is 51.2 Å². The van der Waals surface area contributed by atoms with Crippen LogP contribution >= 0.6 is 0 Å². The summed E-state index contributed by atoms with van der Waals surface area (Å²) in [4.78, 5) is 13.9. The highest BCUT2D eigenvalue weighted by Crippen LogP contribution is 2.18. The van der Waals surface area contributed by atoms with Crippen LogP contribution in [0.1, 0.15) is 32.6 Å². The molecule has 0 spiro atoms. The molecule has 0 aromatic heterocycles. The molecule has 4 heteroatoms. The fourth-order valence-electron chi connectivity index (χ4n) is 2.21. The van der Waals surface area contributed by atoms with Gasteiger partial charge in [-0.2, -0.15) is 0 Å². The number of carbonyl (C=O) groups is 1. The molecule has 2 rings (SSSR count). The van der Waals surface area contributed by atoms with Gasteiger partial charge in [0, 0.05) is 12.6 Å². The third-order valence-corrected chi connectivity index (χ3v) is 3.62. The van der Waals surface area contributed by atoms with Crippen molar-refractivity contribution >= 4 is 6.03 Å². The van der Waals surface area contributed by atoms with Gasteiger partial charge in [0.1, 0.15) is 0 Å². The third kappa shape index (κ3) is 3.67. The lowest BCUT2D eigenvalue weighted by molar-refractivity contribution is 0.188. The first kappa shape index (κ1) is 11.7. The fraction of sp³-hybridized carbons (Fsp3) is 0.917. The van der Waals surface area contributed by atoms with E-state index in [0.717, 1.165) is 25.9 Å². The van der Waals surface area contributed by atoms with Crippen molar-refractivity contribution in [1.29, 1.82) is 0 Å². The summed E-state index contributed by atoms with van der Waals surface area (Å²) in [7, 11) is 0. The number of hydrogen-bond acceptors (Lipinski definition) is 2.